The van der Waals surface area contributed by atoms with E-state index in [1.54, 1.807) is 41.3 Å². The third-order valence-electron chi connectivity index (χ3n) is 5.54. The molecule has 0 radical (unpaired) electrons. The van der Waals surface area contributed by atoms with Gasteiger partial charge in [-0.05, 0) is 42.5 Å². The average Bonchev–Trinajstić information content (AvgIpc) is 2.87. The Bertz CT molecular complexity index is 1260. The summed E-state index contributed by atoms with van der Waals surface area (Å²) in [5.41, 5.74) is 0.0636. The smallest absolute Gasteiger partial charge is 0.262 e. The predicted octanol–water partition coefficient (Wildman–Crippen LogP) is 6.03. The first-order valence-corrected chi connectivity index (χ1v) is 11.4. The Kier molecular flexibility index (Phi) is 7.75. The van der Waals surface area contributed by atoms with E-state index in [2.05, 4.69) is 5.32 Å². The summed E-state index contributed by atoms with van der Waals surface area (Å²) >= 11 is 12.2. The second-order valence-corrected chi connectivity index (χ2v) is 8.69. The molecule has 3 aromatic carbocycles. The summed E-state index contributed by atoms with van der Waals surface area (Å²) in [5.74, 6) is -9.81. The average molecular weight is 546 g/mol. The van der Waals surface area contributed by atoms with Gasteiger partial charge >= 0.3 is 0 Å². The monoisotopic (exact) mass is 545 g/mol. The first-order chi connectivity index (χ1) is 17.2. The van der Waals surface area contributed by atoms with Crippen molar-refractivity contribution in [2.24, 2.45) is 0 Å². The highest BCUT2D eigenvalue weighted by atomic mass is 35.5. The zero-order valence-electron chi connectivity index (χ0n) is 18.4. The van der Waals surface area contributed by atoms with E-state index in [0.29, 0.717) is 27.2 Å². The van der Waals surface area contributed by atoms with E-state index >= 15 is 0 Å². The van der Waals surface area contributed by atoms with Gasteiger partial charge < -0.3 is 19.9 Å². The molecule has 1 aliphatic rings. The van der Waals surface area contributed by atoms with Gasteiger partial charge in [-0.15, -0.1) is 0 Å². The maximum absolute atomic E-state index is 14.1. The fourth-order valence-electron chi connectivity index (χ4n) is 3.76. The number of rotatable bonds is 6. The van der Waals surface area contributed by atoms with Gasteiger partial charge in [-0.3, -0.25) is 4.79 Å². The lowest BCUT2D eigenvalue weighted by molar-refractivity contribution is -0.118. The van der Waals surface area contributed by atoms with E-state index in [0.717, 1.165) is 4.90 Å². The topological polar surface area (TPSA) is 44.8 Å². The number of carbonyl (C=O) groups is 1. The van der Waals surface area contributed by atoms with Gasteiger partial charge in [0, 0.05) is 36.9 Å². The Labute approximate surface area is 213 Å². The summed E-state index contributed by atoms with van der Waals surface area (Å²) in [7, 11) is 0. The van der Waals surface area contributed by atoms with Crippen molar-refractivity contribution in [2.45, 2.75) is 0 Å². The van der Waals surface area contributed by atoms with E-state index in [-0.39, 0.29) is 32.8 Å². The van der Waals surface area contributed by atoms with Crippen LogP contribution in [-0.4, -0.2) is 38.7 Å². The molecule has 0 atom stereocenters. The Morgan fingerprint density at radius 1 is 0.806 bits per heavy atom. The summed E-state index contributed by atoms with van der Waals surface area (Å²) in [6, 6.07) is 11.4. The Balaban J connectivity index is 1.37. The number of ether oxygens (including phenoxy) is 1. The van der Waals surface area contributed by atoms with Crippen LogP contribution in [0, 0.1) is 29.1 Å². The highest BCUT2D eigenvalue weighted by Gasteiger charge is 2.31. The van der Waals surface area contributed by atoms with Crippen LogP contribution >= 0.6 is 23.2 Å². The predicted molar refractivity (Wildman–Crippen MR) is 128 cm³/mol. The molecule has 0 aromatic heterocycles. The van der Waals surface area contributed by atoms with Crippen LogP contribution < -0.4 is 19.9 Å². The number of anilines is 3. The van der Waals surface area contributed by atoms with Crippen molar-refractivity contribution in [1.29, 1.82) is 0 Å². The fourth-order valence-corrected chi connectivity index (χ4v) is 4.19. The molecule has 3 aromatic rings. The molecular weight excluding hydrogens is 528 g/mol. The van der Waals surface area contributed by atoms with Crippen LogP contribution in [-0.2, 0) is 4.79 Å². The lowest BCUT2D eigenvalue weighted by Gasteiger charge is -2.38. The van der Waals surface area contributed by atoms with Crippen LogP contribution in [0.5, 0.6) is 5.75 Å². The van der Waals surface area contributed by atoms with Crippen molar-refractivity contribution in [3.8, 4) is 5.75 Å². The highest BCUT2D eigenvalue weighted by Crippen LogP contribution is 2.33. The molecule has 1 amide bonds. The summed E-state index contributed by atoms with van der Waals surface area (Å²) in [5, 5.41) is 3.51. The van der Waals surface area contributed by atoms with Gasteiger partial charge in [0.1, 0.15) is 11.4 Å². The second kappa shape index (κ2) is 10.8. The largest absolute Gasteiger partial charge is 0.484 e. The first kappa shape index (κ1) is 25.8. The minimum atomic E-state index is -2.19. The summed E-state index contributed by atoms with van der Waals surface area (Å²) in [6.07, 6.45) is 0. The summed E-state index contributed by atoms with van der Waals surface area (Å²) < 4.78 is 74.1. The summed E-state index contributed by atoms with van der Waals surface area (Å²) in [4.78, 5) is 15.1. The third-order valence-corrected chi connectivity index (χ3v) is 6.09. The van der Waals surface area contributed by atoms with Crippen LogP contribution in [0.25, 0.3) is 0 Å². The number of hydrogen-bond donors (Lipinski definition) is 1. The number of carbonyl (C=O) groups excluding carboxylic acids is 1. The molecule has 1 saturated heterocycles. The molecule has 1 heterocycles. The number of benzene rings is 3. The molecule has 0 unspecified atom stereocenters. The van der Waals surface area contributed by atoms with E-state index in [1.165, 1.54) is 6.07 Å². The quantitative estimate of drug-likeness (QED) is 0.233. The van der Waals surface area contributed by atoms with Crippen LogP contribution in [0.4, 0.5) is 39.0 Å². The van der Waals surface area contributed by atoms with Gasteiger partial charge in [-0.2, -0.15) is 0 Å². The van der Waals surface area contributed by atoms with Gasteiger partial charge in [0.2, 0.25) is 5.82 Å². The zero-order valence-corrected chi connectivity index (χ0v) is 19.9. The lowest BCUT2D eigenvalue weighted by atomic mass is 10.2. The van der Waals surface area contributed by atoms with Crippen molar-refractivity contribution >= 4 is 46.2 Å². The molecule has 5 nitrogen and oxygen atoms in total. The van der Waals surface area contributed by atoms with Crippen LogP contribution in [0.2, 0.25) is 10.0 Å². The normalized spacial score (nSPS) is 13.6. The van der Waals surface area contributed by atoms with E-state index < -0.39 is 40.7 Å². The molecule has 1 aliphatic heterocycles. The molecule has 1 N–H and O–H groups in total. The van der Waals surface area contributed by atoms with Gasteiger partial charge in [0.25, 0.3) is 5.91 Å². The molecular formula is C24H18Cl2F5N3O2. The molecule has 0 aliphatic carbocycles. The zero-order chi connectivity index (χ0) is 26.0. The van der Waals surface area contributed by atoms with Gasteiger partial charge in [-0.1, -0.05) is 23.2 Å². The van der Waals surface area contributed by atoms with E-state index in [9.17, 15) is 26.7 Å². The van der Waals surface area contributed by atoms with Crippen molar-refractivity contribution in [3.05, 3.63) is 81.6 Å². The van der Waals surface area contributed by atoms with Crippen molar-refractivity contribution in [1.82, 2.24) is 0 Å². The van der Waals surface area contributed by atoms with Gasteiger partial charge in [-0.25, -0.2) is 22.0 Å². The molecule has 0 spiro atoms. The maximum atomic E-state index is 14.1. The first-order valence-electron chi connectivity index (χ1n) is 10.6. The Morgan fingerprint density at radius 3 is 1.94 bits per heavy atom. The summed E-state index contributed by atoms with van der Waals surface area (Å²) in [6.45, 7) is 0.171. The van der Waals surface area contributed by atoms with Gasteiger partial charge in [0.05, 0.1) is 10.7 Å². The fraction of sp³-hybridized carbons (Fsp3) is 0.208. The number of nitrogens with one attached hydrogen (secondary N) is 1. The lowest BCUT2D eigenvalue weighted by Crippen LogP contribution is -2.47. The van der Waals surface area contributed by atoms with Crippen molar-refractivity contribution in [2.75, 3.05) is 47.9 Å². The van der Waals surface area contributed by atoms with Crippen molar-refractivity contribution < 1.29 is 31.5 Å². The molecule has 36 heavy (non-hydrogen) atoms. The molecule has 12 heteroatoms. The molecule has 1 fully saturated rings. The van der Waals surface area contributed by atoms with E-state index in [4.69, 9.17) is 27.9 Å². The molecule has 0 bridgehead atoms. The van der Waals surface area contributed by atoms with Gasteiger partial charge in [0.15, 0.2) is 29.9 Å². The number of amides is 1. The SMILES string of the molecule is O=C(COc1ccc(Cl)cc1)Nc1ccc(N2CCN(c3c(F)c(F)c(F)c(F)c3F)CC2)c(Cl)c1. The molecule has 0 saturated carbocycles. The van der Waals surface area contributed by atoms with Crippen LogP contribution in [0.1, 0.15) is 0 Å². The van der Waals surface area contributed by atoms with Crippen LogP contribution in [0.15, 0.2) is 42.5 Å². The Morgan fingerprint density at radius 2 is 1.36 bits per heavy atom. The minimum Gasteiger partial charge on any atom is -0.484 e. The number of nitrogens with zero attached hydrogens (tertiary/aromatic N) is 2. The minimum absolute atomic E-state index is 0.00476. The number of halogens is 7. The molecule has 4 rings (SSSR count). The van der Waals surface area contributed by atoms with Crippen molar-refractivity contribution in [3.63, 3.8) is 0 Å². The highest BCUT2D eigenvalue weighted by molar-refractivity contribution is 6.33. The van der Waals surface area contributed by atoms with Crippen LogP contribution in [0.3, 0.4) is 0 Å². The standard InChI is InChI=1S/C24H18Cl2F5N3O2/c25-13-1-4-15(5-2-13)36-12-18(35)32-14-3-6-17(16(26)11-14)33-7-9-34(10-8-33)24-22(30)20(28)19(27)21(29)23(24)31/h1-6,11H,7-10,12H2,(H,32,35). The molecule has 190 valence electrons. The second-order valence-electron chi connectivity index (χ2n) is 7.85. The number of piperazine rings is 1. The maximum Gasteiger partial charge on any atom is 0.262 e. The number of hydrogen-bond acceptors (Lipinski definition) is 4. The van der Waals surface area contributed by atoms with E-state index in [1.807, 2.05) is 0 Å². The Hall–Kier alpha value is -3.24. The third kappa shape index (κ3) is 5.44.